The number of hydrogen-bond acceptors (Lipinski definition) is 6. The number of H-pyrrole nitrogens is 1. The van der Waals surface area contributed by atoms with Crippen molar-refractivity contribution >= 4 is 34.2 Å². The SMILES string of the molecule is CCc1cc2ncc(CN3CCN(c4cnc(C(=O)NC)c(Cl)c4)[C@H](C)C3)cc2[nH]c1=O. The first-order valence-electron chi connectivity index (χ1n) is 10.8. The van der Waals surface area contributed by atoms with Crippen LogP contribution in [0.5, 0.6) is 0 Å². The van der Waals surface area contributed by atoms with E-state index in [0.717, 1.165) is 54.0 Å². The number of anilines is 1. The molecule has 3 aromatic rings. The Morgan fingerprint density at radius 1 is 1.25 bits per heavy atom. The van der Waals surface area contributed by atoms with Crippen molar-refractivity contribution in [2.75, 3.05) is 31.6 Å². The van der Waals surface area contributed by atoms with Crippen LogP contribution in [0.15, 0.2) is 35.4 Å². The number of nitrogens with one attached hydrogen (secondary N) is 2. The van der Waals surface area contributed by atoms with Gasteiger partial charge in [-0.2, -0.15) is 0 Å². The summed E-state index contributed by atoms with van der Waals surface area (Å²) in [5, 5.41) is 2.89. The first-order chi connectivity index (χ1) is 15.4. The second-order valence-corrected chi connectivity index (χ2v) is 8.54. The summed E-state index contributed by atoms with van der Waals surface area (Å²) in [5.74, 6) is -0.296. The molecule has 2 N–H and O–H groups in total. The lowest BCUT2D eigenvalue weighted by Crippen LogP contribution is -2.51. The van der Waals surface area contributed by atoms with E-state index >= 15 is 0 Å². The molecule has 0 saturated carbocycles. The van der Waals surface area contributed by atoms with E-state index in [0.29, 0.717) is 11.4 Å². The van der Waals surface area contributed by atoms with Gasteiger partial charge in [0.05, 0.1) is 27.9 Å². The van der Waals surface area contributed by atoms with Gasteiger partial charge in [0.15, 0.2) is 0 Å². The Balaban J connectivity index is 1.45. The minimum absolute atomic E-state index is 0.0455. The third-order valence-corrected chi connectivity index (χ3v) is 6.21. The number of halogens is 1. The smallest absolute Gasteiger partial charge is 0.271 e. The zero-order valence-electron chi connectivity index (χ0n) is 18.5. The molecule has 1 aliphatic rings. The largest absolute Gasteiger partial charge is 0.365 e. The maximum absolute atomic E-state index is 12.1. The molecule has 1 atom stereocenters. The van der Waals surface area contributed by atoms with E-state index in [9.17, 15) is 9.59 Å². The van der Waals surface area contributed by atoms with E-state index in [-0.39, 0.29) is 23.2 Å². The van der Waals surface area contributed by atoms with Crippen molar-refractivity contribution < 1.29 is 4.79 Å². The summed E-state index contributed by atoms with van der Waals surface area (Å²) in [7, 11) is 1.56. The maximum Gasteiger partial charge on any atom is 0.271 e. The zero-order chi connectivity index (χ0) is 22.8. The number of pyridine rings is 3. The minimum atomic E-state index is -0.296. The van der Waals surface area contributed by atoms with Crippen LogP contribution in [0.25, 0.3) is 11.0 Å². The third kappa shape index (κ3) is 4.47. The highest BCUT2D eigenvalue weighted by molar-refractivity contribution is 6.33. The Morgan fingerprint density at radius 2 is 2.06 bits per heavy atom. The molecule has 0 aliphatic carbocycles. The number of fused-ring (bicyclic) bond motifs is 1. The van der Waals surface area contributed by atoms with E-state index in [4.69, 9.17) is 11.6 Å². The van der Waals surface area contributed by atoms with Gasteiger partial charge in [-0.25, -0.2) is 4.98 Å². The van der Waals surface area contributed by atoms with Crippen LogP contribution in [0, 0.1) is 0 Å². The van der Waals surface area contributed by atoms with Gasteiger partial charge in [-0.1, -0.05) is 18.5 Å². The van der Waals surface area contributed by atoms with Gasteiger partial charge < -0.3 is 15.2 Å². The van der Waals surface area contributed by atoms with Gasteiger partial charge >= 0.3 is 0 Å². The summed E-state index contributed by atoms with van der Waals surface area (Å²) < 4.78 is 0. The number of amides is 1. The Bertz CT molecular complexity index is 1210. The molecule has 0 radical (unpaired) electrons. The van der Waals surface area contributed by atoms with Crippen molar-refractivity contribution in [3.63, 3.8) is 0 Å². The van der Waals surface area contributed by atoms with Crippen molar-refractivity contribution in [3.8, 4) is 0 Å². The lowest BCUT2D eigenvalue weighted by Gasteiger charge is -2.41. The topological polar surface area (TPSA) is 94.2 Å². The quantitative estimate of drug-likeness (QED) is 0.615. The average Bonchev–Trinajstić information content (AvgIpc) is 2.78. The fraction of sp³-hybridized carbons (Fsp3) is 0.391. The molecular formula is C23H27ClN6O2. The summed E-state index contributed by atoms with van der Waals surface area (Å²) in [6, 6.07) is 5.93. The van der Waals surface area contributed by atoms with Crippen molar-refractivity contribution in [1.29, 1.82) is 0 Å². The molecule has 168 valence electrons. The Kier molecular flexibility index (Phi) is 6.43. The third-order valence-electron chi connectivity index (χ3n) is 5.93. The Hall–Kier alpha value is -2.97. The number of aromatic amines is 1. The second kappa shape index (κ2) is 9.26. The highest BCUT2D eigenvalue weighted by atomic mass is 35.5. The molecular weight excluding hydrogens is 428 g/mol. The normalized spacial score (nSPS) is 17.0. The predicted octanol–water partition coefficient (Wildman–Crippen LogP) is 2.60. The van der Waals surface area contributed by atoms with Gasteiger partial charge in [-0.3, -0.25) is 19.5 Å². The van der Waals surface area contributed by atoms with Crippen LogP contribution in [0.4, 0.5) is 5.69 Å². The van der Waals surface area contributed by atoms with Crippen LogP contribution in [-0.4, -0.2) is 58.5 Å². The number of piperazine rings is 1. The van der Waals surface area contributed by atoms with Crippen molar-refractivity contribution in [2.24, 2.45) is 0 Å². The van der Waals surface area contributed by atoms with Gasteiger partial charge in [-0.05, 0) is 37.1 Å². The summed E-state index contributed by atoms with van der Waals surface area (Å²) in [5.41, 5.74) is 4.50. The van der Waals surface area contributed by atoms with E-state index in [2.05, 4.69) is 37.0 Å². The van der Waals surface area contributed by atoms with E-state index in [1.54, 1.807) is 19.3 Å². The van der Waals surface area contributed by atoms with Gasteiger partial charge in [-0.15, -0.1) is 0 Å². The van der Waals surface area contributed by atoms with Gasteiger partial charge in [0.25, 0.3) is 11.5 Å². The van der Waals surface area contributed by atoms with E-state index in [1.807, 2.05) is 25.3 Å². The predicted molar refractivity (Wildman–Crippen MR) is 126 cm³/mol. The van der Waals surface area contributed by atoms with Gasteiger partial charge in [0.2, 0.25) is 0 Å². The number of aryl methyl sites for hydroxylation is 1. The van der Waals surface area contributed by atoms with Crippen molar-refractivity contribution in [1.82, 2.24) is 25.2 Å². The molecule has 9 heteroatoms. The number of rotatable bonds is 5. The fourth-order valence-electron chi connectivity index (χ4n) is 4.20. The Labute approximate surface area is 191 Å². The van der Waals surface area contributed by atoms with Crippen molar-refractivity contribution in [3.05, 3.63) is 62.8 Å². The van der Waals surface area contributed by atoms with Gasteiger partial charge in [0, 0.05) is 51.0 Å². The lowest BCUT2D eigenvalue weighted by molar-refractivity contribution is 0.0958. The molecule has 3 aromatic heterocycles. The van der Waals surface area contributed by atoms with Crippen LogP contribution in [-0.2, 0) is 13.0 Å². The number of carbonyl (C=O) groups is 1. The highest BCUT2D eigenvalue weighted by Crippen LogP contribution is 2.25. The molecule has 0 spiro atoms. The number of hydrogen-bond donors (Lipinski definition) is 2. The van der Waals surface area contributed by atoms with Crippen LogP contribution < -0.4 is 15.8 Å². The van der Waals surface area contributed by atoms with Crippen LogP contribution >= 0.6 is 11.6 Å². The van der Waals surface area contributed by atoms with Gasteiger partial charge in [0.1, 0.15) is 5.69 Å². The molecule has 0 unspecified atom stereocenters. The molecule has 0 aromatic carbocycles. The molecule has 8 nitrogen and oxygen atoms in total. The Morgan fingerprint density at radius 3 is 2.75 bits per heavy atom. The highest BCUT2D eigenvalue weighted by Gasteiger charge is 2.25. The van der Waals surface area contributed by atoms with Crippen LogP contribution in [0.1, 0.15) is 35.5 Å². The monoisotopic (exact) mass is 454 g/mol. The molecule has 1 amide bonds. The molecule has 4 heterocycles. The minimum Gasteiger partial charge on any atom is -0.365 e. The molecule has 1 saturated heterocycles. The molecule has 4 rings (SSSR count). The summed E-state index contributed by atoms with van der Waals surface area (Å²) in [6.45, 7) is 7.42. The molecule has 0 bridgehead atoms. The lowest BCUT2D eigenvalue weighted by atomic mass is 10.1. The zero-order valence-corrected chi connectivity index (χ0v) is 19.2. The van der Waals surface area contributed by atoms with E-state index < -0.39 is 0 Å². The molecule has 1 fully saturated rings. The molecule has 1 aliphatic heterocycles. The summed E-state index contributed by atoms with van der Waals surface area (Å²) in [4.78, 5) is 40.4. The average molecular weight is 455 g/mol. The summed E-state index contributed by atoms with van der Waals surface area (Å²) >= 11 is 6.29. The number of carbonyl (C=O) groups excluding carboxylic acids is 1. The van der Waals surface area contributed by atoms with Crippen molar-refractivity contribution in [2.45, 2.75) is 32.9 Å². The number of nitrogens with zero attached hydrogens (tertiary/aromatic N) is 4. The second-order valence-electron chi connectivity index (χ2n) is 8.13. The maximum atomic E-state index is 12.1. The van der Waals surface area contributed by atoms with E-state index in [1.165, 1.54) is 0 Å². The van der Waals surface area contributed by atoms with Crippen LogP contribution in [0.3, 0.4) is 0 Å². The first kappa shape index (κ1) is 22.2. The number of aromatic nitrogens is 3. The standard InChI is InChI=1S/C23H27ClN6O2/c1-4-16-8-19-20(28-22(16)31)7-15(10-26-19)13-29-5-6-30(14(2)12-29)17-9-18(24)21(27-11-17)23(32)25-3/h7-11,14H,4-6,12-13H2,1-3H3,(H,25,32)(H,28,31)/t14-/m1/s1. The fourth-order valence-corrected chi connectivity index (χ4v) is 4.45. The first-order valence-corrected chi connectivity index (χ1v) is 11.1. The summed E-state index contributed by atoms with van der Waals surface area (Å²) in [6.07, 6.45) is 4.28. The van der Waals surface area contributed by atoms with Crippen LogP contribution in [0.2, 0.25) is 5.02 Å². The molecule has 32 heavy (non-hydrogen) atoms.